The molecule has 5 N–H and O–H groups in total. The van der Waals surface area contributed by atoms with E-state index in [-0.39, 0.29) is 11.5 Å². The molecule has 0 spiro atoms. The van der Waals surface area contributed by atoms with Crippen LogP contribution in [0.4, 0.5) is 10.1 Å². The Morgan fingerprint density at radius 3 is 2.86 bits per heavy atom. The lowest BCUT2D eigenvalue weighted by molar-refractivity contribution is 0.628. The maximum atomic E-state index is 13.8. The first-order chi connectivity index (χ1) is 10.1. The van der Waals surface area contributed by atoms with E-state index in [0.29, 0.717) is 11.5 Å². The summed E-state index contributed by atoms with van der Waals surface area (Å²) in [5, 5.41) is 0. The zero-order chi connectivity index (χ0) is 15.2. The van der Waals surface area contributed by atoms with Crippen LogP contribution in [0.25, 0.3) is 6.08 Å². The number of rotatable bonds is 3. The maximum absolute atomic E-state index is 13.8. The van der Waals surface area contributed by atoms with Gasteiger partial charge in [0, 0.05) is 0 Å². The van der Waals surface area contributed by atoms with E-state index in [0.717, 1.165) is 11.9 Å². The Morgan fingerprint density at radius 1 is 1.38 bits per heavy atom. The standard InChI is InChI=1S/C14H15FN6/c1-9-2-3-11(10(15)6-9)21-14(19-8-17)12-7-18-13(20-12)4-5-16/h2-8H,16H2,1H3,(H,18,20)(H2,17,19,21)/b5-4+. The maximum Gasteiger partial charge on any atom is 0.179 e. The van der Waals surface area contributed by atoms with Crippen molar-refractivity contribution in [3.8, 4) is 0 Å². The van der Waals surface area contributed by atoms with Gasteiger partial charge in [-0.3, -0.25) is 0 Å². The molecule has 0 saturated carbocycles. The third kappa shape index (κ3) is 3.53. The number of aromatic amines is 1. The number of aromatic nitrogens is 2. The van der Waals surface area contributed by atoms with Crippen LogP contribution in [0.1, 0.15) is 17.1 Å². The van der Waals surface area contributed by atoms with Crippen LogP contribution < -0.4 is 11.5 Å². The molecule has 0 atom stereocenters. The monoisotopic (exact) mass is 286 g/mol. The van der Waals surface area contributed by atoms with Crippen LogP contribution in [0.3, 0.4) is 0 Å². The van der Waals surface area contributed by atoms with E-state index in [9.17, 15) is 4.39 Å². The highest BCUT2D eigenvalue weighted by molar-refractivity contribution is 6.02. The summed E-state index contributed by atoms with van der Waals surface area (Å²) in [6, 6.07) is 4.74. The SMILES string of the molecule is Cc1ccc(N=C(N=CN)c2cnc(/C=C/N)[nH]2)c(F)c1. The summed E-state index contributed by atoms with van der Waals surface area (Å²) < 4.78 is 13.8. The average Bonchev–Trinajstić information content (AvgIpc) is 2.90. The number of nitrogens with zero attached hydrogens (tertiary/aromatic N) is 3. The predicted molar refractivity (Wildman–Crippen MR) is 81.8 cm³/mol. The highest BCUT2D eigenvalue weighted by Crippen LogP contribution is 2.20. The molecule has 0 radical (unpaired) electrons. The number of hydrogen-bond donors (Lipinski definition) is 3. The molecule has 1 aromatic carbocycles. The van der Waals surface area contributed by atoms with Crippen LogP contribution in [0, 0.1) is 12.7 Å². The summed E-state index contributed by atoms with van der Waals surface area (Å²) in [7, 11) is 0. The molecule has 108 valence electrons. The minimum atomic E-state index is -0.429. The van der Waals surface area contributed by atoms with E-state index >= 15 is 0 Å². The summed E-state index contributed by atoms with van der Waals surface area (Å²) in [4.78, 5) is 15.1. The van der Waals surface area contributed by atoms with Crippen LogP contribution in [0.5, 0.6) is 0 Å². The van der Waals surface area contributed by atoms with Crippen molar-refractivity contribution in [2.75, 3.05) is 0 Å². The number of aliphatic imine (C=N–C) groups is 2. The zero-order valence-electron chi connectivity index (χ0n) is 11.4. The minimum absolute atomic E-state index is 0.173. The van der Waals surface area contributed by atoms with Crippen LogP contribution in [0.2, 0.25) is 0 Å². The van der Waals surface area contributed by atoms with Crippen molar-refractivity contribution in [2.24, 2.45) is 21.5 Å². The van der Waals surface area contributed by atoms with Gasteiger partial charge < -0.3 is 16.5 Å². The van der Waals surface area contributed by atoms with Crippen LogP contribution in [-0.4, -0.2) is 22.1 Å². The highest BCUT2D eigenvalue weighted by Gasteiger charge is 2.08. The fourth-order valence-electron chi connectivity index (χ4n) is 1.67. The molecule has 0 amide bonds. The van der Waals surface area contributed by atoms with Crippen molar-refractivity contribution in [2.45, 2.75) is 6.92 Å². The quantitative estimate of drug-likeness (QED) is 0.592. The van der Waals surface area contributed by atoms with Gasteiger partial charge in [-0.05, 0) is 36.9 Å². The van der Waals surface area contributed by atoms with E-state index in [1.807, 2.05) is 0 Å². The van der Waals surface area contributed by atoms with Gasteiger partial charge in [-0.2, -0.15) is 0 Å². The third-order valence-corrected chi connectivity index (χ3v) is 2.62. The smallest absolute Gasteiger partial charge is 0.179 e. The largest absolute Gasteiger partial charge is 0.404 e. The first kappa shape index (κ1) is 14.4. The first-order valence-electron chi connectivity index (χ1n) is 6.17. The lowest BCUT2D eigenvalue weighted by atomic mass is 10.2. The van der Waals surface area contributed by atoms with Crippen molar-refractivity contribution in [3.63, 3.8) is 0 Å². The molecular weight excluding hydrogens is 271 g/mol. The Hall–Kier alpha value is -2.96. The molecule has 0 aliphatic carbocycles. The Kier molecular flexibility index (Phi) is 4.45. The number of H-pyrrole nitrogens is 1. The fourth-order valence-corrected chi connectivity index (χ4v) is 1.67. The Labute approximate surface area is 121 Å². The second kappa shape index (κ2) is 6.47. The Morgan fingerprint density at radius 2 is 2.19 bits per heavy atom. The molecule has 1 aromatic heterocycles. The van der Waals surface area contributed by atoms with Gasteiger partial charge in [-0.1, -0.05) is 6.07 Å². The van der Waals surface area contributed by atoms with Crippen molar-refractivity contribution in [3.05, 3.63) is 53.5 Å². The number of nitrogens with two attached hydrogens (primary N) is 2. The molecule has 0 aliphatic heterocycles. The summed E-state index contributed by atoms with van der Waals surface area (Å²) in [5.41, 5.74) is 12.1. The summed E-state index contributed by atoms with van der Waals surface area (Å²) in [6.45, 7) is 1.80. The Balaban J connectivity index is 2.44. The van der Waals surface area contributed by atoms with Crippen LogP contribution in [0.15, 0.2) is 40.6 Å². The van der Waals surface area contributed by atoms with E-state index in [1.54, 1.807) is 25.1 Å². The third-order valence-electron chi connectivity index (χ3n) is 2.62. The number of hydrogen-bond acceptors (Lipinski definition) is 3. The average molecular weight is 286 g/mol. The topological polar surface area (TPSA) is 105 Å². The van der Waals surface area contributed by atoms with Crippen molar-refractivity contribution in [1.29, 1.82) is 0 Å². The van der Waals surface area contributed by atoms with Gasteiger partial charge in [0.2, 0.25) is 0 Å². The minimum Gasteiger partial charge on any atom is -0.404 e. The predicted octanol–water partition coefficient (Wildman–Crippen LogP) is 1.85. The van der Waals surface area contributed by atoms with Gasteiger partial charge in [0.05, 0.1) is 12.5 Å². The molecule has 2 aromatic rings. The van der Waals surface area contributed by atoms with Crippen molar-refractivity contribution >= 4 is 23.9 Å². The summed E-state index contributed by atoms with van der Waals surface area (Å²) >= 11 is 0. The van der Waals surface area contributed by atoms with Crippen molar-refractivity contribution < 1.29 is 4.39 Å². The van der Waals surface area contributed by atoms with E-state index in [1.165, 1.54) is 18.5 Å². The summed E-state index contributed by atoms with van der Waals surface area (Å²) in [6.07, 6.45) is 5.54. The highest BCUT2D eigenvalue weighted by atomic mass is 19.1. The van der Waals surface area contributed by atoms with E-state index in [2.05, 4.69) is 20.0 Å². The van der Waals surface area contributed by atoms with Crippen LogP contribution >= 0.6 is 0 Å². The lowest BCUT2D eigenvalue weighted by Crippen LogP contribution is -2.02. The van der Waals surface area contributed by atoms with E-state index < -0.39 is 5.82 Å². The molecule has 0 unspecified atom stereocenters. The van der Waals surface area contributed by atoms with Crippen molar-refractivity contribution in [1.82, 2.24) is 9.97 Å². The second-order valence-corrected chi connectivity index (χ2v) is 4.21. The number of imidazole rings is 1. The lowest BCUT2D eigenvalue weighted by Gasteiger charge is -2.01. The number of amidine groups is 1. The molecule has 0 bridgehead atoms. The van der Waals surface area contributed by atoms with E-state index in [4.69, 9.17) is 11.5 Å². The molecule has 0 fully saturated rings. The van der Waals surface area contributed by atoms with Gasteiger partial charge in [0.1, 0.15) is 23.0 Å². The summed E-state index contributed by atoms with van der Waals surface area (Å²) in [5.74, 6) is 0.336. The molecular formula is C14H15FN6. The van der Waals surface area contributed by atoms with Gasteiger partial charge in [0.25, 0.3) is 0 Å². The fraction of sp³-hybridized carbons (Fsp3) is 0.0714. The number of halogens is 1. The van der Waals surface area contributed by atoms with Crippen LogP contribution in [-0.2, 0) is 0 Å². The Bertz CT molecular complexity index is 714. The molecule has 0 aliphatic rings. The van der Waals surface area contributed by atoms with Gasteiger partial charge in [0.15, 0.2) is 5.84 Å². The molecule has 21 heavy (non-hydrogen) atoms. The zero-order valence-corrected chi connectivity index (χ0v) is 11.4. The molecule has 0 saturated heterocycles. The number of aryl methyl sites for hydroxylation is 1. The number of nitrogens with one attached hydrogen (secondary N) is 1. The van der Waals surface area contributed by atoms with Gasteiger partial charge in [-0.15, -0.1) is 0 Å². The molecule has 7 heteroatoms. The first-order valence-corrected chi connectivity index (χ1v) is 6.17. The molecule has 6 nitrogen and oxygen atoms in total. The normalized spacial score (nSPS) is 12.6. The van der Waals surface area contributed by atoms with Gasteiger partial charge in [-0.25, -0.2) is 19.4 Å². The molecule has 1 heterocycles. The second-order valence-electron chi connectivity index (χ2n) is 4.21. The van der Waals surface area contributed by atoms with Gasteiger partial charge >= 0.3 is 0 Å². The number of benzene rings is 1. The molecule has 2 rings (SSSR count).